The Morgan fingerprint density at radius 3 is 2.30 bits per heavy atom. The molecule has 0 amide bonds. The Hall–Kier alpha value is -2.70. The van der Waals surface area contributed by atoms with E-state index < -0.39 is 5.97 Å². The smallest absolute Gasteiger partial charge is 0.356 e. The minimum absolute atomic E-state index is 0.259. The Kier molecular flexibility index (Phi) is 9.03. The monoisotopic (exact) mass is 370 g/mol. The Morgan fingerprint density at radius 2 is 1.63 bits per heavy atom. The number of ether oxygens (including phenoxy) is 1. The Balaban J connectivity index is 1.58. The van der Waals surface area contributed by atoms with Crippen molar-refractivity contribution in [3.63, 3.8) is 0 Å². The minimum atomic E-state index is -0.409. The van der Waals surface area contributed by atoms with Gasteiger partial charge in [-0.05, 0) is 44.0 Å². The van der Waals surface area contributed by atoms with E-state index in [0.717, 1.165) is 18.4 Å². The van der Waals surface area contributed by atoms with Crippen molar-refractivity contribution in [1.29, 1.82) is 0 Å². The molecule has 0 aliphatic rings. The molecule has 6 nitrogen and oxygen atoms in total. The van der Waals surface area contributed by atoms with Crippen molar-refractivity contribution in [2.24, 2.45) is 0 Å². The molecular weight excluding hydrogens is 344 g/mol. The Morgan fingerprint density at radius 1 is 0.963 bits per heavy atom. The van der Waals surface area contributed by atoms with E-state index in [1.165, 1.54) is 0 Å². The van der Waals surface area contributed by atoms with Crippen LogP contribution in [0.25, 0.3) is 0 Å². The van der Waals surface area contributed by atoms with E-state index >= 15 is 0 Å². The van der Waals surface area contributed by atoms with Crippen LogP contribution >= 0.6 is 0 Å². The number of unbranched alkanes of at least 4 members (excludes halogenated alkanes) is 1. The number of hydroxylamine groups is 1. The first-order valence-electron chi connectivity index (χ1n) is 9.07. The first-order chi connectivity index (χ1) is 13.2. The van der Waals surface area contributed by atoms with Crippen molar-refractivity contribution in [3.05, 3.63) is 71.8 Å². The maximum absolute atomic E-state index is 12.1. The van der Waals surface area contributed by atoms with Crippen molar-refractivity contribution >= 4 is 11.9 Å². The van der Waals surface area contributed by atoms with Gasteiger partial charge in [-0.2, -0.15) is 5.48 Å². The third-order valence-electron chi connectivity index (χ3n) is 4.05. The summed E-state index contributed by atoms with van der Waals surface area (Å²) in [6, 6.07) is 18.0. The van der Waals surface area contributed by atoms with Crippen LogP contribution in [0.2, 0.25) is 0 Å². The SMILES string of the molecule is CNC(CCCCNOC(=O)c1ccccc1)C(=O)OCc1ccccc1. The molecule has 0 aliphatic carbocycles. The molecule has 0 aromatic heterocycles. The maximum atomic E-state index is 12.1. The highest BCUT2D eigenvalue weighted by molar-refractivity contribution is 5.89. The number of carbonyl (C=O) groups excluding carboxylic acids is 2. The zero-order chi connectivity index (χ0) is 19.3. The number of likely N-dealkylation sites (N-methyl/N-ethyl adjacent to an activating group) is 1. The average molecular weight is 370 g/mol. The number of nitrogens with one attached hydrogen (secondary N) is 2. The number of benzene rings is 2. The van der Waals surface area contributed by atoms with E-state index in [9.17, 15) is 9.59 Å². The van der Waals surface area contributed by atoms with Crippen LogP contribution in [0, 0.1) is 0 Å². The summed E-state index contributed by atoms with van der Waals surface area (Å²) < 4.78 is 5.35. The zero-order valence-corrected chi connectivity index (χ0v) is 15.5. The average Bonchev–Trinajstić information content (AvgIpc) is 2.72. The highest BCUT2D eigenvalue weighted by Crippen LogP contribution is 2.06. The molecule has 6 heteroatoms. The largest absolute Gasteiger partial charge is 0.460 e. The summed E-state index contributed by atoms with van der Waals surface area (Å²) in [5.74, 6) is -0.669. The molecule has 1 atom stereocenters. The van der Waals surface area contributed by atoms with E-state index in [1.54, 1.807) is 31.3 Å². The number of esters is 1. The van der Waals surface area contributed by atoms with Gasteiger partial charge in [0.25, 0.3) is 0 Å². The maximum Gasteiger partial charge on any atom is 0.356 e. The summed E-state index contributed by atoms with van der Waals surface area (Å²) in [7, 11) is 1.74. The third-order valence-corrected chi connectivity index (χ3v) is 4.05. The number of hydrogen-bond acceptors (Lipinski definition) is 6. The molecule has 0 fully saturated rings. The van der Waals surface area contributed by atoms with Gasteiger partial charge in [0.2, 0.25) is 0 Å². The molecule has 144 valence electrons. The van der Waals surface area contributed by atoms with Gasteiger partial charge in [-0.1, -0.05) is 48.5 Å². The molecule has 0 heterocycles. The second-order valence-corrected chi connectivity index (χ2v) is 6.08. The molecule has 1 unspecified atom stereocenters. The molecule has 2 aromatic rings. The fraction of sp³-hybridized carbons (Fsp3) is 0.333. The van der Waals surface area contributed by atoms with Gasteiger partial charge in [-0.15, -0.1) is 0 Å². The molecule has 2 N–H and O–H groups in total. The van der Waals surface area contributed by atoms with E-state index in [-0.39, 0.29) is 18.6 Å². The normalized spacial score (nSPS) is 11.6. The van der Waals surface area contributed by atoms with Crippen LogP contribution in [0.1, 0.15) is 35.2 Å². The predicted octanol–water partition coefficient (Wildman–Crippen LogP) is 2.85. The summed E-state index contributed by atoms with van der Waals surface area (Å²) in [5, 5.41) is 2.99. The van der Waals surface area contributed by atoms with E-state index in [2.05, 4.69) is 10.8 Å². The first-order valence-corrected chi connectivity index (χ1v) is 9.07. The van der Waals surface area contributed by atoms with Crippen molar-refractivity contribution < 1.29 is 19.2 Å². The zero-order valence-electron chi connectivity index (χ0n) is 15.5. The van der Waals surface area contributed by atoms with Crippen LogP contribution in [0.3, 0.4) is 0 Å². The van der Waals surface area contributed by atoms with Gasteiger partial charge < -0.3 is 14.9 Å². The molecule has 0 spiro atoms. The number of carbonyl (C=O) groups is 2. The van der Waals surface area contributed by atoms with Gasteiger partial charge in [-0.3, -0.25) is 4.79 Å². The summed E-state index contributed by atoms with van der Waals surface area (Å²) in [6.45, 7) is 0.795. The van der Waals surface area contributed by atoms with Gasteiger partial charge in [0.1, 0.15) is 12.6 Å². The fourth-order valence-electron chi connectivity index (χ4n) is 2.50. The quantitative estimate of drug-likeness (QED) is 0.360. The van der Waals surface area contributed by atoms with E-state index in [0.29, 0.717) is 18.5 Å². The molecule has 2 aromatic carbocycles. The van der Waals surface area contributed by atoms with Gasteiger partial charge in [-0.25, -0.2) is 4.79 Å². The van der Waals surface area contributed by atoms with Crippen LogP contribution in [0.15, 0.2) is 60.7 Å². The topological polar surface area (TPSA) is 76.7 Å². The molecule has 2 rings (SSSR count). The Labute approximate surface area is 159 Å². The summed E-state index contributed by atoms with van der Waals surface area (Å²) >= 11 is 0. The third kappa shape index (κ3) is 7.60. The van der Waals surface area contributed by atoms with Crippen molar-refractivity contribution in [2.45, 2.75) is 31.9 Å². The fourth-order valence-corrected chi connectivity index (χ4v) is 2.50. The van der Waals surface area contributed by atoms with Crippen molar-refractivity contribution in [1.82, 2.24) is 10.8 Å². The van der Waals surface area contributed by atoms with E-state index in [4.69, 9.17) is 9.57 Å². The molecule has 0 bridgehead atoms. The van der Waals surface area contributed by atoms with Crippen LogP contribution in [-0.4, -0.2) is 31.6 Å². The minimum Gasteiger partial charge on any atom is -0.460 e. The number of hydrogen-bond donors (Lipinski definition) is 2. The van der Waals surface area contributed by atoms with Gasteiger partial charge >= 0.3 is 11.9 Å². The Bertz CT molecular complexity index is 692. The van der Waals surface area contributed by atoms with Gasteiger partial charge in [0.05, 0.1) is 5.56 Å². The second-order valence-electron chi connectivity index (χ2n) is 6.08. The molecule has 0 radical (unpaired) electrons. The molecule has 0 aliphatic heterocycles. The lowest BCUT2D eigenvalue weighted by atomic mass is 10.1. The van der Waals surface area contributed by atoms with Crippen LogP contribution in [0.4, 0.5) is 0 Å². The van der Waals surface area contributed by atoms with Gasteiger partial charge in [0.15, 0.2) is 0 Å². The summed E-state index contributed by atoms with van der Waals surface area (Å²) in [5.41, 5.74) is 4.13. The van der Waals surface area contributed by atoms with E-state index in [1.807, 2.05) is 36.4 Å². The van der Waals surface area contributed by atoms with Crippen LogP contribution in [-0.2, 0) is 21.0 Å². The van der Waals surface area contributed by atoms with Crippen LogP contribution < -0.4 is 10.8 Å². The first kappa shape index (κ1) is 20.6. The highest BCUT2D eigenvalue weighted by atomic mass is 16.7. The predicted molar refractivity (Wildman–Crippen MR) is 103 cm³/mol. The van der Waals surface area contributed by atoms with Crippen molar-refractivity contribution in [3.8, 4) is 0 Å². The standard InChI is InChI=1S/C21H26N2O4/c1-22-19(21(25)26-16-17-10-4-2-5-11-17)14-8-9-15-23-27-20(24)18-12-6-3-7-13-18/h2-7,10-13,19,22-23H,8-9,14-16H2,1H3. The molecular formula is C21H26N2O4. The highest BCUT2D eigenvalue weighted by Gasteiger charge is 2.17. The van der Waals surface area contributed by atoms with Crippen molar-refractivity contribution in [2.75, 3.05) is 13.6 Å². The molecule has 0 saturated heterocycles. The van der Waals surface area contributed by atoms with Crippen LogP contribution in [0.5, 0.6) is 0 Å². The molecule has 0 saturated carbocycles. The summed E-state index contributed by atoms with van der Waals surface area (Å²) in [6.07, 6.45) is 2.21. The lowest BCUT2D eigenvalue weighted by Gasteiger charge is -2.15. The lowest BCUT2D eigenvalue weighted by molar-refractivity contribution is -0.147. The lowest BCUT2D eigenvalue weighted by Crippen LogP contribution is -2.35. The second kappa shape index (κ2) is 11.8. The summed E-state index contributed by atoms with van der Waals surface area (Å²) in [4.78, 5) is 28.9. The van der Waals surface area contributed by atoms with Gasteiger partial charge in [0, 0.05) is 6.54 Å². The molecule has 27 heavy (non-hydrogen) atoms. The number of rotatable bonds is 11.